The fourth-order valence-corrected chi connectivity index (χ4v) is 3.28. The van der Waals surface area contributed by atoms with E-state index in [-0.39, 0.29) is 12.5 Å². The number of carbonyl (C=O) groups excluding carboxylic acids is 1. The Kier molecular flexibility index (Phi) is 7.52. The number of hydrazone groups is 1. The minimum absolute atomic E-state index is 0.115. The van der Waals surface area contributed by atoms with Gasteiger partial charge in [-0.3, -0.25) is 9.78 Å². The lowest BCUT2D eigenvalue weighted by Gasteiger charge is -2.14. The van der Waals surface area contributed by atoms with Crippen LogP contribution in [0.2, 0.25) is 15.1 Å². The fraction of sp³-hybridized carbons (Fsp3) is 0.0952. The van der Waals surface area contributed by atoms with Crippen LogP contribution in [0.4, 0.5) is 0 Å². The number of methoxy groups -OCH3 is 1. The van der Waals surface area contributed by atoms with Gasteiger partial charge in [0.1, 0.15) is 6.61 Å². The zero-order chi connectivity index (χ0) is 21.5. The highest BCUT2D eigenvalue weighted by Gasteiger charge is 2.14. The Bertz CT molecular complexity index is 1060. The average Bonchev–Trinajstić information content (AvgIpc) is 2.74. The molecule has 0 radical (unpaired) electrons. The molecule has 2 aromatic carbocycles. The molecule has 1 N–H and O–H groups in total. The molecule has 1 heterocycles. The van der Waals surface area contributed by atoms with Crippen molar-refractivity contribution in [2.75, 3.05) is 7.11 Å². The fourth-order valence-electron chi connectivity index (χ4n) is 2.50. The van der Waals surface area contributed by atoms with Crippen molar-refractivity contribution in [2.24, 2.45) is 5.10 Å². The summed E-state index contributed by atoms with van der Waals surface area (Å²) in [6.07, 6.45) is 4.50. The zero-order valence-corrected chi connectivity index (χ0v) is 18.0. The quantitative estimate of drug-likeness (QED) is 0.376. The van der Waals surface area contributed by atoms with Gasteiger partial charge in [-0.15, -0.1) is 0 Å². The Morgan fingerprint density at radius 3 is 2.47 bits per heavy atom. The SMILES string of the molecule is COc1cc(C=NNC(=O)c2ccncc2)cc(Cl)c1OCc1c(Cl)cccc1Cl. The van der Waals surface area contributed by atoms with Crippen LogP contribution < -0.4 is 14.9 Å². The molecule has 3 rings (SSSR count). The third-order valence-corrected chi connectivity index (χ3v) is 4.99. The maximum atomic E-state index is 12.0. The number of hydrogen-bond donors (Lipinski definition) is 1. The molecule has 0 aliphatic carbocycles. The lowest BCUT2D eigenvalue weighted by atomic mass is 10.2. The summed E-state index contributed by atoms with van der Waals surface area (Å²) in [4.78, 5) is 15.9. The van der Waals surface area contributed by atoms with Crippen molar-refractivity contribution in [1.29, 1.82) is 0 Å². The van der Waals surface area contributed by atoms with E-state index in [1.165, 1.54) is 25.7 Å². The first kappa shape index (κ1) is 21.9. The van der Waals surface area contributed by atoms with Crippen LogP contribution in [-0.2, 0) is 6.61 Å². The molecule has 0 aliphatic rings. The Morgan fingerprint density at radius 2 is 1.80 bits per heavy atom. The van der Waals surface area contributed by atoms with Crippen LogP contribution in [0.5, 0.6) is 11.5 Å². The van der Waals surface area contributed by atoms with E-state index in [0.29, 0.717) is 43.3 Å². The molecule has 154 valence electrons. The van der Waals surface area contributed by atoms with Gasteiger partial charge < -0.3 is 9.47 Å². The maximum absolute atomic E-state index is 12.0. The first-order valence-electron chi connectivity index (χ1n) is 8.66. The minimum Gasteiger partial charge on any atom is -0.493 e. The predicted molar refractivity (Wildman–Crippen MR) is 118 cm³/mol. The molecular weight excluding hydrogens is 449 g/mol. The molecule has 3 aromatic rings. The summed E-state index contributed by atoms with van der Waals surface area (Å²) < 4.78 is 11.2. The summed E-state index contributed by atoms with van der Waals surface area (Å²) in [7, 11) is 1.49. The van der Waals surface area contributed by atoms with Gasteiger partial charge in [0.2, 0.25) is 0 Å². The standard InChI is InChI=1S/C21H16Cl3N3O3/c1-29-19-10-13(11-26-27-21(28)14-5-7-25-8-6-14)9-18(24)20(19)30-12-15-16(22)3-2-4-17(15)23/h2-11H,12H2,1H3,(H,27,28). The van der Waals surface area contributed by atoms with Crippen LogP contribution in [-0.4, -0.2) is 24.2 Å². The van der Waals surface area contributed by atoms with Gasteiger partial charge in [0, 0.05) is 33.6 Å². The van der Waals surface area contributed by atoms with E-state index >= 15 is 0 Å². The van der Waals surface area contributed by atoms with Gasteiger partial charge in [0.05, 0.1) is 18.3 Å². The lowest BCUT2D eigenvalue weighted by Crippen LogP contribution is -2.17. The number of aromatic nitrogens is 1. The summed E-state index contributed by atoms with van der Waals surface area (Å²) in [5.74, 6) is 0.379. The Hall–Kier alpha value is -2.80. The molecule has 1 amide bonds. The second-order valence-corrected chi connectivity index (χ2v) is 7.18. The van der Waals surface area contributed by atoms with E-state index in [1.807, 2.05) is 0 Å². The first-order chi connectivity index (χ1) is 14.5. The van der Waals surface area contributed by atoms with Gasteiger partial charge in [-0.05, 0) is 42.0 Å². The predicted octanol–water partition coefficient (Wildman–Crippen LogP) is 5.39. The first-order valence-corrected chi connectivity index (χ1v) is 9.79. The van der Waals surface area contributed by atoms with Crippen molar-refractivity contribution >= 4 is 46.9 Å². The molecule has 0 unspecified atom stereocenters. The molecule has 0 atom stereocenters. The van der Waals surface area contributed by atoms with Crippen LogP contribution in [0.25, 0.3) is 0 Å². The number of nitrogens with zero attached hydrogens (tertiary/aromatic N) is 2. The van der Waals surface area contributed by atoms with E-state index in [2.05, 4.69) is 15.5 Å². The second kappa shape index (κ2) is 10.3. The van der Waals surface area contributed by atoms with Gasteiger partial charge in [0.25, 0.3) is 5.91 Å². The lowest BCUT2D eigenvalue weighted by molar-refractivity contribution is 0.0955. The summed E-state index contributed by atoms with van der Waals surface area (Å²) >= 11 is 18.7. The van der Waals surface area contributed by atoms with Crippen molar-refractivity contribution in [3.8, 4) is 11.5 Å². The number of pyridine rings is 1. The number of hydrogen-bond acceptors (Lipinski definition) is 5. The van der Waals surface area contributed by atoms with Crippen molar-refractivity contribution in [2.45, 2.75) is 6.61 Å². The van der Waals surface area contributed by atoms with Gasteiger partial charge in [-0.1, -0.05) is 40.9 Å². The van der Waals surface area contributed by atoms with Crippen LogP contribution in [0.3, 0.4) is 0 Å². The number of rotatable bonds is 7. The highest BCUT2D eigenvalue weighted by Crippen LogP contribution is 2.37. The number of benzene rings is 2. The molecular formula is C21H16Cl3N3O3. The molecule has 0 bridgehead atoms. The van der Waals surface area contributed by atoms with E-state index in [0.717, 1.165) is 0 Å². The van der Waals surface area contributed by atoms with Crippen molar-refractivity contribution in [3.63, 3.8) is 0 Å². The van der Waals surface area contributed by atoms with Gasteiger partial charge in [0.15, 0.2) is 11.5 Å². The smallest absolute Gasteiger partial charge is 0.271 e. The van der Waals surface area contributed by atoms with Crippen LogP contribution in [0.1, 0.15) is 21.5 Å². The van der Waals surface area contributed by atoms with E-state index in [1.54, 1.807) is 42.5 Å². The molecule has 0 fully saturated rings. The number of carbonyl (C=O) groups is 1. The Balaban J connectivity index is 1.73. The van der Waals surface area contributed by atoms with Crippen molar-refractivity contribution in [3.05, 3.63) is 86.6 Å². The topological polar surface area (TPSA) is 72.8 Å². The second-order valence-electron chi connectivity index (χ2n) is 5.96. The minimum atomic E-state index is -0.358. The van der Waals surface area contributed by atoms with Crippen LogP contribution >= 0.6 is 34.8 Å². The number of amides is 1. The maximum Gasteiger partial charge on any atom is 0.271 e. The summed E-state index contributed by atoms with van der Waals surface area (Å²) in [6, 6.07) is 11.7. The molecule has 0 aliphatic heterocycles. The Morgan fingerprint density at radius 1 is 1.10 bits per heavy atom. The van der Waals surface area contributed by atoms with E-state index < -0.39 is 0 Å². The summed E-state index contributed by atoms with van der Waals surface area (Å²) in [6.45, 7) is 0.115. The van der Waals surface area contributed by atoms with Gasteiger partial charge in [-0.2, -0.15) is 5.10 Å². The Labute approximate surface area is 188 Å². The average molecular weight is 465 g/mol. The molecule has 9 heteroatoms. The normalized spacial score (nSPS) is 10.8. The highest BCUT2D eigenvalue weighted by atomic mass is 35.5. The van der Waals surface area contributed by atoms with Gasteiger partial charge >= 0.3 is 0 Å². The van der Waals surface area contributed by atoms with Crippen LogP contribution in [0.15, 0.2) is 60.0 Å². The third kappa shape index (κ3) is 5.42. The largest absolute Gasteiger partial charge is 0.493 e. The molecule has 0 spiro atoms. The van der Waals surface area contributed by atoms with E-state index in [9.17, 15) is 4.79 Å². The van der Waals surface area contributed by atoms with Crippen molar-refractivity contribution < 1.29 is 14.3 Å². The monoisotopic (exact) mass is 463 g/mol. The zero-order valence-electron chi connectivity index (χ0n) is 15.7. The number of nitrogens with one attached hydrogen (secondary N) is 1. The summed E-state index contributed by atoms with van der Waals surface area (Å²) in [5, 5.41) is 5.23. The van der Waals surface area contributed by atoms with Crippen LogP contribution in [0, 0.1) is 0 Å². The molecule has 0 saturated heterocycles. The number of ether oxygens (including phenoxy) is 2. The number of halogens is 3. The van der Waals surface area contributed by atoms with Gasteiger partial charge in [-0.25, -0.2) is 5.43 Å². The third-order valence-electron chi connectivity index (χ3n) is 4.00. The molecule has 0 saturated carbocycles. The highest BCUT2D eigenvalue weighted by molar-refractivity contribution is 6.36. The van der Waals surface area contributed by atoms with E-state index in [4.69, 9.17) is 44.3 Å². The summed E-state index contributed by atoms with van der Waals surface area (Å²) in [5.41, 5.74) is 4.13. The molecule has 1 aromatic heterocycles. The molecule has 30 heavy (non-hydrogen) atoms. The van der Waals surface area contributed by atoms with Crippen molar-refractivity contribution in [1.82, 2.24) is 10.4 Å². The molecule has 6 nitrogen and oxygen atoms in total.